The lowest BCUT2D eigenvalue weighted by atomic mass is 9.96. The van der Waals surface area contributed by atoms with Crippen molar-refractivity contribution in [2.75, 3.05) is 0 Å². The summed E-state index contributed by atoms with van der Waals surface area (Å²) in [6.45, 7) is 4.84. The second kappa shape index (κ2) is 5.66. The van der Waals surface area contributed by atoms with Crippen LogP contribution in [0.1, 0.15) is 39.0 Å². The molecule has 91 valence electrons. The van der Waals surface area contributed by atoms with Crippen LogP contribution in [0.15, 0.2) is 0 Å². The fourth-order valence-corrected chi connectivity index (χ4v) is 1.23. The van der Waals surface area contributed by atoms with E-state index in [4.69, 9.17) is 0 Å². The fourth-order valence-electron chi connectivity index (χ4n) is 1.23. The van der Waals surface area contributed by atoms with E-state index in [-0.39, 0.29) is 6.42 Å². The maximum absolute atomic E-state index is 12.6. The summed E-state index contributed by atoms with van der Waals surface area (Å²) in [5.41, 5.74) is 0. The Labute approximate surface area is 86.9 Å². The third-order valence-corrected chi connectivity index (χ3v) is 2.30. The molecule has 1 radical (unpaired) electrons. The van der Waals surface area contributed by atoms with Crippen molar-refractivity contribution < 1.29 is 22.0 Å². The first-order chi connectivity index (χ1) is 6.73. The molecular weight excluding hydrogens is 215 g/mol. The summed E-state index contributed by atoms with van der Waals surface area (Å²) >= 11 is 0. The molecule has 0 aliphatic carbocycles. The lowest BCUT2D eigenvalue weighted by Crippen LogP contribution is -2.42. The van der Waals surface area contributed by atoms with Crippen LogP contribution in [0.3, 0.4) is 0 Å². The molecule has 0 bridgehead atoms. The number of hydrogen-bond donors (Lipinski definition) is 0. The summed E-state index contributed by atoms with van der Waals surface area (Å²) in [5.74, 6) is -6.55. The first-order valence-corrected chi connectivity index (χ1v) is 5.01. The Morgan fingerprint density at radius 3 is 1.93 bits per heavy atom. The molecule has 0 N–H and O–H groups in total. The third-order valence-electron chi connectivity index (χ3n) is 2.30. The summed E-state index contributed by atoms with van der Waals surface area (Å²) in [6.07, 6.45) is -2.86. The SMILES string of the molecule is [CH2]C(CCCCCC)C(F)(F)C(F)(F)F. The smallest absolute Gasteiger partial charge is 0.196 e. The monoisotopic (exact) mass is 231 g/mol. The van der Waals surface area contributed by atoms with Gasteiger partial charge in [-0.1, -0.05) is 32.6 Å². The van der Waals surface area contributed by atoms with E-state index in [1.165, 1.54) is 0 Å². The van der Waals surface area contributed by atoms with Gasteiger partial charge in [-0.05, 0) is 13.3 Å². The van der Waals surface area contributed by atoms with E-state index in [1.807, 2.05) is 6.92 Å². The van der Waals surface area contributed by atoms with Gasteiger partial charge in [0.15, 0.2) is 0 Å². The van der Waals surface area contributed by atoms with E-state index in [1.54, 1.807) is 0 Å². The fraction of sp³-hybridized carbons (Fsp3) is 0.900. The van der Waals surface area contributed by atoms with Crippen LogP contribution in [-0.4, -0.2) is 12.1 Å². The lowest BCUT2D eigenvalue weighted by molar-refractivity contribution is -0.297. The topological polar surface area (TPSA) is 0 Å². The molecule has 0 nitrogen and oxygen atoms in total. The Morgan fingerprint density at radius 1 is 1.00 bits per heavy atom. The summed E-state index contributed by atoms with van der Waals surface area (Å²) in [7, 11) is 0. The summed E-state index contributed by atoms with van der Waals surface area (Å²) in [6, 6.07) is 0. The van der Waals surface area contributed by atoms with Crippen LogP contribution in [0.4, 0.5) is 22.0 Å². The van der Waals surface area contributed by atoms with Crippen molar-refractivity contribution in [3.05, 3.63) is 6.92 Å². The van der Waals surface area contributed by atoms with Crippen LogP contribution >= 0.6 is 0 Å². The Balaban J connectivity index is 4.03. The van der Waals surface area contributed by atoms with Gasteiger partial charge in [0.05, 0.1) is 0 Å². The van der Waals surface area contributed by atoms with Crippen molar-refractivity contribution in [2.24, 2.45) is 5.92 Å². The molecule has 0 heterocycles. The van der Waals surface area contributed by atoms with Crippen molar-refractivity contribution in [3.8, 4) is 0 Å². The van der Waals surface area contributed by atoms with E-state index in [2.05, 4.69) is 6.92 Å². The Morgan fingerprint density at radius 2 is 1.53 bits per heavy atom. The molecule has 0 aliphatic heterocycles. The van der Waals surface area contributed by atoms with Gasteiger partial charge in [0.25, 0.3) is 0 Å². The third kappa shape index (κ3) is 4.34. The highest BCUT2D eigenvalue weighted by molar-refractivity contribution is 4.85. The van der Waals surface area contributed by atoms with Crippen LogP contribution < -0.4 is 0 Å². The van der Waals surface area contributed by atoms with Crippen LogP contribution in [0, 0.1) is 12.8 Å². The van der Waals surface area contributed by atoms with Gasteiger partial charge in [0.1, 0.15) is 0 Å². The maximum atomic E-state index is 12.6. The van der Waals surface area contributed by atoms with Gasteiger partial charge >= 0.3 is 12.1 Å². The molecule has 0 rings (SSSR count). The van der Waals surface area contributed by atoms with Crippen LogP contribution in [0.5, 0.6) is 0 Å². The standard InChI is InChI=1S/C10H16F5/c1-3-4-5-6-7-8(2)9(11,12)10(13,14)15/h8H,2-7H2,1H3. The molecule has 0 aromatic heterocycles. The molecule has 5 heteroatoms. The summed E-state index contributed by atoms with van der Waals surface area (Å²) in [4.78, 5) is 0. The highest BCUT2D eigenvalue weighted by Crippen LogP contribution is 2.42. The van der Waals surface area contributed by atoms with Crippen LogP contribution in [0.25, 0.3) is 0 Å². The molecule has 0 amide bonds. The minimum atomic E-state index is -5.48. The molecule has 0 aromatic rings. The van der Waals surface area contributed by atoms with Gasteiger partial charge in [-0.2, -0.15) is 22.0 Å². The summed E-state index contributed by atoms with van der Waals surface area (Å²) < 4.78 is 60.9. The van der Waals surface area contributed by atoms with Gasteiger partial charge in [-0.15, -0.1) is 0 Å². The Hall–Kier alpha value is -0.350. The minimum absolute atomic E-state index is 0.188. The molecule has 0 spiro atoms. The van der Waals surface area contributed by atoms with E-state index < -0.39 is 18.0 Å². The molecule has 0 aliphatic rings. The number of rotatable bonds is 6. The quantitative estimate of drug-likeness (QED) is 0.462. The zero-order valence-corrected chi connectivity index (χ0v) is 8.71. The molecule has 0 fully saturated rings. The molecule has 0 saturated heterocycles. The number of alkyl halides is 5. The summed E-state index contributed by atoms with van der Waals surface area (Å²) in [5, 5.41) is 0. The van der Waals surface area contributed by atoms with E-state index in [0.717, 1.165) is 12.8 Å². The van der Waals surface area contributed by atoms with Gasteiger partial charge in [0.2, 0.25) is 0 Å². The molecule has 0 aromatic carbocycles. The van der Waals surface area contributed by atoms with E-state index >= 15 is 0 Å². The molecular formula is C10H16F5. The minimum Gasteiger partial charge on any atom is -0.196 e. The first kappa shape index (κ1) is 14.6. The van der Waals surface area contributed by atoms with Gasteiger partial charge in [-0.25, -0.2) is 0 Å². The predicted molar refractivity (Wildman–Crippen MR) is 48.6 cm³/mol. The molecule has 1 atom stereocenters. The Kier molecular flexibility index (Phi) is 5.53. The normalized spacial score (nSPS) is 15.4. The van der Waals surface area contributed by atoms with Gasteiger partial charge < -0.3 is 0 Å². The van der Waals surface area contributed by atoms with Crippen molar-refractivity contribution in [2.45, 2.75) is 51.1 Å². The van der Waals surface area contributed by atoms with E-state index in [9.17, 15) is 22.0 Å². The van der Waals surface area contributed by atoms with Crippen molar-refractivity contribution in [1.29, 1.82) is 0 Å². The van der Waals surface area contributed by atoms with Crippen molar-refractivity contribution in [1.82, 2.24) is 0 Å². The zero-order chi connectivity index (χ0) is 12.1. The van der Waals surface area contributed by atoms with Crippen molar-refractivity contribution in [3.63, 3.8) is 0 Å². The van der Waals surface area contributed by atoms with Gasteiger partial charge in [-0.3, -0.25) is 0 Å². The lowest BCUT2D eigenvalue weighted by Gasteiger charge is -2.25. The van der Waals surface area contributed by atoms with Gasteiger partial charge in [0, 0.05) is 5.92 Å². The highest BCUT2D eigenvalue weighted by atomic mass is 19.4. The molecule has 1 unspecified atom stereocenters. The molecule has 15 heavy (non-hydrogen) atoms. The first-order valence-electron chi connectivity index (χ1n) is 5.01. The zero-order valence-electron chi connectivity index (χ0n) is 8.71. The second-order valence-corrected chi connectivity index (χ2v) is 3.67. The molecule has 0 saturated carbocycles. The maximum Gasteiger partial charge on any atom is 0.453 e. The van der Waals surface area contributed by atoms with Crippen LogP contribution in [-0.2, 0) is 0 Å². The second-order valence-electron chi connectivity index (χ2n) is 3.67. The average molecular weight is 231 g/mol. The number of halogens is 5. The average Bonchev–Trinajstić information content (AvgIpc) is 2.10. The largest absolute Gasteiger partial charge is 0.453 e. The predicted octanol–water partition coefficient (Wildman–Crippen LogP) is 4.60. The number of hydrogen-bond acceptors (Lipinski definition) is 0. The highest BCUT2D eigenvalue weighted by Gasteiger charge is 2.60. The van der Waals surface area contributed by atoms with Crippen LogP contribution in [0.2, 0.25) is 0 Å². The Bertz CT molecular complexity index is 173. The van der Waals surface area contributed by atoms with Crippen molar-refractivity contribution >= 4 is 0 Å². The number of unbranched alkanes of at least 4 members (excludes halogenated alkanes) is 3. The van der Waals surface area contributed by atoms with E-state index in [0.29, 0.717) is 12.8 Å².